The molecule has 174 valence electrons. The molecule has 0 saturated carbocycles. The molecule has 0 fully saturated rings. The summed E-state index contributed by atoms with van der Waals surface area (Å²) in [4.78, 5) is 13.7. The van der Waals surface area contributed by atoms with E-state index in [1.54, 1.807) is 43.5 Å². The summed E-state index contributed by atoms with van der Waals surface area (Å²) < 4.78 is 26.6. The van der Waals surface area contributed by atoms with Crippen LogP contribution in [0.3, 0.4) is 0 Å². The van der Waals surface area contributed by atoms with Crippen LogP contribution in [0.4, 0.5) is 5.69 Å². The molecule has 0 radical (unpaired) electrons. The van der Waals surface area contributed by atoms with Gasteiger partial charge in [0.25, 0.3) is 5.91 Å². The molecular formula is C22H29N3O6S. The third-order valence-electron chi connectivity index (χ3n) is 4.38. The predicted molar refractivity (Wildman–Crippen MR) is 125 cm³/mol. The molecule has 32 heavy (non-hydrogen) atoms. The van der Waals surface area contributed by atoms with Crippen LogP contribution < -0.4 is 30.4 Å². The van der Waals surface area contributed by atoms with Crippen LogP contribution in [0.25, 0.3) is 0 Å². The average Bonchev–Trinajstić information content (AvgIpc) is 2.78. The first-order valence-electron chi connectivity index (χ1n) is 9.78. The van der Waals surface area contributed by atoms with Gasteiger partial charge in [-0.15, -0.1) is 0 Å². The second kappa shape index (κ2) is 12.1. The van der Waals surface area contributed by atoms with Gasteiger partial charge in [-0.05, 0) is 54.0 Å². The summed E-state index contributed by atoms with van der Waals surface area (Å²) >= 11 is 4.99. The van der Waals surface area contributed by atoms with Crippen LogP contribution in [-0.2, 0) is 9.47 Å². The summed E-state index contributed by atoms with van der Waals surface area (Å²) in [6.45, 7) is 3.98. The maximum Gasteiger partial charge on any atom is 0.280 e. The Balaban J connectivity index is 2.58. The van der Waals surface area contributed by atoms with Gasteiger partial charge in [0.2, 0.25) is 0 Å². The van der Waals surface area contributed by atoms with Gasteiger partial charge in [-0.2, -0.15) is 0 Å². The van der Waals surface area contributed by atoms with E-state index in [0.717, 1.165) is 5.56 Å². The molecular weight excluding hydrogens is 434 g/mol. The van der Waals surface area contributed by atoms with E-state index in [2.05, 4.69) is 5.43 Å². The van der Waals surface area contributed by atoms with Crippen molar-refractivity contribution in [1.29, 1.82) is 0 Å². The quantitative estimate of drug-likeness (QED) is 0.312. The highest BCUT2D eigenvalue weighted by Gasteiger charge is 2.25. The van der Waals surface area contributed by atoms with Crippen molar-refractivity contribution < 1.29 is 28.5 Å². The number of rotatable bonds is 10. The largest absolute Gasteiger partial charge is 0.497 e. The lowest BCUT2D eigenvalue weighted by Crippen LogP contribution is -2.48. The van der Waals surface area contributed by atoms with Crippen molar-refractivity contribution in [3.8, 4) is 17.2 Å². The summed E-state index contributed by atoms with van der Waals surface area (Å²) in [5.41, 5.74) is 10.0. The number of nitrogens with one attached hydrogen (secondary N) is 1. The Morgan fingerprint density at radius 1 is 1.03 bits per heavy atom. The molecule has 0 aliphatic heterocycles. The molecule has 0 aliphatic rings. The van der Waals surface area contributed by atoms with Crippen LogP contribution >= 0.6 is 12.2 Å². The molecule has 1 amide bonds. The van der Waals surface area contributed by atoms with Crippen LogP contribution in [0.15, 0.2) is 36.4 Å². The molecule has 2 rings (SSSR count). The zero-order chi connectivity index (χ0) is 23.7. The van der Waals surface area contributed by atoms with Crippen molar-refractivity contribution in [2.24, 2.45) is 5.73 Å². The normalized spacial score (nSPS) is 10.6. The molecule has 0 unspecified atom stereocenters. The maximum absolute atomic E-state index is 13.7. The number of hydrogen-bond acceptors (Lipinski definition) is 7. The smallest absolute Gasteiger partial charge is 0.280 e. The molecule has 0 aliphatic carbocycles. The highest BCUT2D eigenvalue weighted by molar-refractivity contribution is 7.80. The van der Waals surface area contributed by atoms with Crippen molar-refractivity contribution in [3.63, 3.8) is 0 Å². The van der Waals surface area contributed by atoms with Crippen molar-refractivity contribution >= 4 is 28.9 Å². The Kier molecular flexibility index (Phi) is 9.51. The Labute approximate surface area is 193 Å². The minimum Gasteiger partial charge on any atom is -0.497 e. The van der Waals surface area contributed by atoms with Gasteiger partial charge < -0.3 is 29.4 Å². The third kappa shape index (κ3) is 6.46. The Morgan fingerprint density at radius 2 is 1.62 bits per heavy atom. The molecule has 0 saturated heterocycles. The molecule has 3 N–H and O–H groups in total. The molecule has 0 aromatic heterocycles. The van der Waals surface area contributed by atoms with Crippen LogP contribution in [0, 0.1) is 0 Å². The van der Waals surface area contributed by atoms with Crippen LogP contribution in [0.5, 0.6) is 17.2 Å². The molecule has 0 heterocycles. The number of methoxy groups -OCH3 is 3. The molecule has 10 heteroatoms. The van der Waals surface area contributed by atoms with Gasteiger partial charge in [0.1, 0.15) is 17.2 Å². The van der Waals surface area contributed by atoms with Gasteiger partial charge in [-0.1, -0.05) is 13.8 Å². The maximum atomic E-state index is 13.7. The fraction of sp³-hybridized carbons (Fsp3) is 0.364. The lowest BCUT2D eigenvalue weighted by molar-refractivity contribution is 0.0450. The molecule has 2 aromatic rings. The molecule has 0 atom stereocenters. The first kappa shape index (κ1) is 25.2. The van der Waals surface area contributed by atoms with Crippen molar-refractivity contribution in [1.82, 2.24) is 5.43 Å². The topological polar surface area (TPSA) is 105 Å². The zero-order valence-corrected chi connectivity index (χ0v) is 19.7. The fourth-order valence-electron chi connectivity index (χ4n) is 2.88. The zero-order valence-electron chi connectivity index (χ0n) is 18.8. The van der Waals surface area contributed by atoms with Gasteiger partial charge in [0.05, 0.1) is 18.4 Å². The summed E-state index contributed by atoms with van der Waals surface area (Å²) in [6, 6.07) is 10.2. The average molecular weight is 464 g/mol. The van der Waals surface area contributed by atoms with Gasteiger partial charge in [-0.25, -0.2) is 5.01 Å². The first-order valence-corrected chi connectivity index (χ1v) is 10.2. The first-order chi connectivity index (χ1) is 15.3. The van der Waals surface area contributed by atoms with Gasteiger partial charge in [0, 0.05) is 20.3 Å². The predicted octanol–water partition coefficient (Wildman–Crippen LogP) is 3.18. The summed E-state index contributed by atoms with van der Waals surface area (Å²) in [5, 5.41) is 1.17. The van der Waals surface area contributed by atoms with E-state index in [1.807, 2.05) is 13.8 Å². The third-order valence-corrected chi connectivity index (χ3v) is 4.48. The number of nitrogens with zero attached hydrogens (tertiary/aromatic N) is 1. The number of amides is 1. The number of carbonyl (C=O) groups is 1. The molecule has 0 spiro atoms. The minimum absolute atomic E-state index is 0.0533. The van der Waals surface area contributed by atoms with Gasteiger partial charge >= 0.3 is 0 Å². The minimum atomic E-state index is -0.436. The fourth-order valence-corrected chi connectivity index (χ4v) is 2.97. The van der Waals surface area contributed by atoms with Gasteiger partial charge in [0.15, 0.2) is 18.7 Å². The highest BCUT2D eigenvalue weighted by Crippen LogP contribution is 2.35. The van der Waals surface area contributed by atoms with Crippen molar-refractivity contribution in [2.75, 3.05) is 39.9 Å². The van der Waals surface area contributed by atoms with Crippen LogP contribution in [0.1, 0.15) is 35.7 Å². The standard InChI is InChI=1S/C22H29N3O6S/c1-14(2)17-10-18(20(31-13-28-4)11-19(17)30-12-27-3)21(26)25(24-22(23)32)15-6-8-16(29-5)9-7-15/h6-11,14H,12-13H2,1-5H3,(H3,23,24,32). The second-order valence-corrected chi connectivity index (χ2v) is 7.40. The van der Waals surface area contributed by atoms with Gasteiger partial charge in [-0.3, -0.25) is 10.2 Å². The lowest BCUT2D eigenvalue weighted by Gasteiger charge is -2.26. The summed E-state index contributed by atoms with van der Waals surface area (Å²) in [5.74, 6) is 1.08. The number of carbonyl (C=O) groups excluding carboxylic acids is 1. The van der Waals surface area contributed by atoms with E-state index in [4.69, 9.17) is 41.6 Å². The number of hydrogen-bond donors (Lipinski definition) is 2. The number of benzene rings is 2. The Bertz CT molecular complexity index is 921. The molecule has 2 aromatic carbocycles. The number of nitrogens with two attached hydrogens (primary N) is 1. The number of ether oxygens (including phenoxy) is 5. The second-order valence-electron chi connectivity index (χ2n) is 6.96. The number of thiocarbonyl (C=S) groups is 1. The van der Waals surface area contributed by atoms with E-state index in [1.165, 1.54) is 19.2 Å². The Hall–Kier alpha value is -3.08. The summed E-state index contributed by atoms with van der Waals surface area (Å²) in [7, 11) is 4.58. The lowest BCUT2D eigenvalue weighted by atomic mass is 9.98. The van der Waals surface area contributed by atoms with E-state index in [0.29, 0.717) is 17.2 Å². The SMILES string of the molecule is COCOc1cc(OCOC)c(C(C)C)cc1C(=O)N(NC(N)=S)c1ccc(OC)cc1. The van der Waals surface area contributed by atoms with Crippen LogP contribution in [0.2, 0.25) is 0 Å². The van der Waals surface area contributed by atoms with E-state index >= 15 is 0 Å². The van der Waals surface area contributed by atoms with E-state index in [-0.39, 0.29) is 35.9 Å². The van der Waals surface area contributed by atoms with Crippen molar-refractivity contribution in [3.05, 3.63) is 47.5 Å². The molecule has 9 nitrogen and oxygen atoms in total. The summed E-state index contributed by atoms with van der Waals surface area (Å²) in [6.07, 6.45) is 0. The Morgan fingerprint density at radius 3 is 2.12 bits per heavy atom. The molecule has 0 bridgehead atoms. The highest BCUT2D eigenvalue weighted by atomic mass is 32.1. The van der Waals surface area contributed by atoms with Crippen molar-refractivity contribution in [2.45, 2.75) is 19.8 Å². The number of hydrazine groups is 1. The number of anilines is 1. The van der Waals surface area contributed by atoms with E-state index < -0.39 is 5.91 Å². The van der Waals surface area contributed by atoms with E-state index in [9.17, 15) is 4.79 Å². The monoisotopic (exact) mass is 463 g/mol. The van der Waals surface area contributed by atoms with Crippen LogP contribution in [-0.4, -0.2) is 45.9 Å².